The Morgan fingerprint density at radius 3 is 2.52 bits per heavy atom. The molecule has 158 valence electrons. The summed E-state index contributed by atoms with van der Waals surface area (Å²) in [6.07, 6.45) is 2.96. The van der Waals surface area contributed by atoms with Gasteiger partial charge in [0.25, 0.3) is 0 Å². The van der Waals surface area contributed by atoms with E-state index in [1.54, 1.807) is 20.8 Å². The summed E-state index contributed by atoms with van der Waals surface area (Å²) >= 11 is 0. The van der Waals surface area contributed by atoms with Crippen molar-refractivity contribution >= 4 is 29.2 Å². The smallest absolute Gasteiger partial charge is 0.408 e. The Morgan fingerprint density at radius 1 is 1.21 bits per heavy atom. The molecule has 7 nitrogen and oxygen atoms in total. The monoisotopic (exact) mass is 401 g/mol. The molecule has 7 heteroatoms. The third-order valence-corrected chi connectivity index (χ3v) is 4.77. The van der Waals surface area contributed by atoms with E-state index in [2.05, 4.69) is 15.6 Å². The van der Waals surface area contributed by atoms with Crippen molar-refractivity contribution in [3.8, 4) is 0 Å². The lowest BCUT2D eigenvalue weighted by Crippen LogP contribution is -2.54. The maximum absolute atomic E-state index is 12.9. The standard InChI is InChI=1S/C22H31N3O4/c1-6-14(2)19(25-21(28)29-22(3,4)5)20(27)24-16(13-26)11-15-12-23-18-10-8-7-9-17(15)18/h7-10,12-14,16,19,23H,6,11H2,1-5H3,(H,24,27)(H,25,28)/t14?,16-,19-/m0/s1. The number of aromatic nitrogens is 1. The number of aldehydes is 1. The molecule has 2 amide bonds. The Morgan fingerprint density at radius 2 is 1.90 bits per heavy atom. The van der Waals surface area contributed by atoms with E-state index in [1.807, 2.05) is 44.3 Å². The number of alkyl carbamates (subject to hydrolysis) is 1. The Bertz CT molecular complexity index is 853. The second-order valence-electron chi connectivity index (χ2n) is 8.32. The molecule has 1 aromatic heterocycles. The lowest BCUT2D eigenvalue weighted by Gasteiger charge is -2.27. The van der Waals surface area contributed by atoms with Crippen molar-refractivity contribution in [3.63, 3.8) is 0 Å². The van der Waals surface area contributed by atoms with Gasteiger partial charge in [0.1, 0.15) is 17.9 Å². The van der Waals surface area contributed by atoms with Gasteiger partial charge in [-0.05, 0) is 38.3 Å². The van der Waals surface area contributed by atoms with E-state index in [0.29, 0.717) is 12.8 Å². The van der Waals surface area contributed by atoms with Crippen LogP contribution in [0.4, 0.5) is 4.79 Å². The van der Waals surface area contributed by atoms with Gasteiger partial charge in [-0.3, -0.25) is 4.79 Å². The maximum Gasteiger partial charge on any atom is 0.408 e. The van der Waals surface area contributed by atoms with E-state index < -0.39 is 29.7 Å². The van der Waals surface area contributed by atoms with Gasteiger partial charge in [0.05, 0.1) is 6.04 Å². The molecule has 0 aliphatic heterocycles. The number of ether oxygens (including phenoxy) is 1. The highest BCUT2D eigenvalue weighted by Gasteiger charge is 2.29. The number of hydrogen-bond donors (Lipinski definition) is 3. The number of fused-ring (bicyclic) bond motifs is 1. The minimum Gasteiger partial charge on any atom is -0.444 e. The second-order valence-corrected chi connectivity index (χ2v) is 8.32. The van der Waals surface area contributed by atoms with Gasteiger partial charge in [0, 0.05) is 23.5 Å². The van der Waals surface area contributed by atoms with Crippen LogP contribution in [0.15, 0.2) is 30.5 Å². The van der Waals surface area contributed by atoms with E-state index in [0.717, 1.165) is 22.8 Å². The van der Waals surface area contributed by atoms with Crippen LogP contribution in [0.2, 0.25) is 0 Å². The third-order valence-electron chi connectivity index (χ3n) is 4.77. The molecule has 0 saturated carbocycles. The van der Waals surface area contributed by atoms with Crippen molar-refractivity contribution in [2.24, 2.45) is 5.92 Å². The van der Waals surface area contributed by atoms with Crippen molar-refractivity contribution in [3.05, 3.63) is 36.0 Å². The zero-order chi connectivity index (χ0) is 21.6. The third kappa shape index (κ3) is 6.34. The van der Waals surface area contributed by atoms with Crippen LogP contribution < -0.4 is 10.6 Å². The molecule has 0 fully saturated rings. The minimum absolute atomic E-state index is 0.122. The molecule has 0 aliphatic rings. The highest BCUT2D eigenvalue weighted by Crippen LogP contribution is 2.19. The number of H-pyrrole nitrogens is 1. The lowest BCUT2D eigenvalue weighted by molar-refractivity contribution is -0.126. The average molecular weight is 402 g/mol. The van der Waals surface area contributed by atoms with Crippen LogP contribution in [0.1, 0.15) is 46.6 Å². The summed E-state index contributed by atoms with van der Waals surface area (Å²) in [5, 5.41) is 6.42. The Kier molecular flexibility index (Phi) is 7.42. The SMILES string of the molecule is CCC(C)[C@H](NC(=O)OC(C)(C)C)C(=O)N[C@H](C=O)Cc1c[nH]c2ccccc12. The van der Waals surface area contributed by atoms with Crippen molar-refractivity contribution in [2.75, 3.05) is 0 Å². The minimum atomic E-state index is -0.791. The number of para-hydroxylation sites is 1. The van der Waals surface area contributed by atoms with E-state index in [4.69, 9.17) is 4.74 Å². The molecule has 3 atom stereocenters. The Labute approximate surface area is 171 Å². The van der Waals surface area contributed by atoms with Crippen LogP contribution in [-0.4, -0.2) is 41.0 Å². The van der Waals surface area contributed by atoms with Gasteiger partial charge in [-0.2, -0.15) is 0 Å². The van der Waals surface area contributed by atoms with E-state index in [1.165, 1.54) is 0 Å². The van der Waals surface area contributed by atoms with Gasteiger partial charge in [-0.25, -0.2) is 4.79 Å². The van der Waals surface area contributed by atoms with Gasteiger partial charge in [0.2, 0.25) is 5.91 Å². The molecule has 0 saturated heterocycles. The molecule has 1 unspecified atom stereocenters. The number of aromatic amines is 1. The first-order chi connectivity index (χ1) is 13.6. The van der Waals surface area contributed by atoms with Crippen LogP contribution in [0, 0.1) is 5.92 Å². The Balaban J connectivity index is 2.09. The van der Waals surface area contributed by atoms with Crippen LogP contribution in [0.25, 0.3) is 10.9 Å². The highest BCUT2D eigenvalue weighted by atomic mass is 16.6. The average Bonchev–Trinajstić information content (AvgIpc) is 3.06. The van der Waals surface area contributed by atoms with Crippen molar-refractivity contribution in [2.45, 2.75) is 65.1 Å². The summed E-state index contributed by atoms with van der Waals surface area (Å²) < 4.78 is 5.27. The van der Waals surface area contributed by atoms with Crippen molar-refractivity contribution < 1.29 is 19.1 Å². The summed E-state index contributed by atoms with van der Waals surface area (Å²) in [5.74, 6) is -0.523. The molecule has 29 heavy (non-hydrogen) atoms. The maximum atomic E-state index is 12.9. The predicted molar refractivity (Wildman–Crippen MR) is 113 cm³/mol. The lowest BCUT2D eigenvalue weighted by atomic mass is 9.97. The van der Waals surface area contributed by atoms with Crippen molar-refractivity contribution in [1.82, 2.24) is 15.6 Å². The summed E-state index contributed by atoms with van der Waals surface area (Å²) in [4.78, 5) is 39.8. The summed E-state index contributed by atoms with van der Waals surface area (Å²) in [6.45, 7) is 9.08. The largest absolute Gasteiger partial charge is 0.444 e. The summed E-state index contributed by atoms with van der Waals surface area (Å²) in [5.41, 5.74) is 1.25. The van der Waals surface area contributed by atoms with Gasteiger partial charge in [-0.1, -0.05) is 38.5 Å². The molecular formula is C22H31N3O4. The number of hydrogen-bond acceptors (Lipinski definition) is 4. The van der Waals surface area contributed by atoms with E-state index >= 15 is 0 Å². The number of carbonyl (C=O) groups is 3. The molecule has 0 aliphatic carbocycles. The summed E-state index contributed by atoms with van der Waals surface area (Å²) in [6, 6.07) is 6.29. The molecule has 2 aromatic rings. The van der Waals surface area contributed by atoms with Gasteiger partial charge >= 0.3 is 6.09 Å². The predicted octanol–water partition coefficient (Wildman–Crippen LogP) is 3.33. The van der Waals surface area contributed by atoms with Gasteiger partial charge in [0.15, 0.2) is 0 Å². The normalized spacial score (nSPS) is 14.7. The molecule has 3 N–H and O–H groups in total. The topological polar surface area (TPSA) is 100 Å². The van der Waals surface area contributed by atoms with Crippen molar-refractivity contribution in [1.29, 1.82) is 0 Å². The number of rotatable bonds is 8. The highest BCUT2D eigenvalue weighted by molar-refractivity contribution is 5.88. The van der Waals surface area contributed by atoms with Crippen LogP contribution in [0.5, 0.6) is 0 Å². The van der Waals surface area contributed by atoms with E-state index in [9.17, 15) is 14.4 Å². The molecule has 2 rings (SSSR count). The fraction of sp³-hybridized carbons (Fsp3) is 0.500. The number of amides is 2. The van der Waals surface area contributed by atoms with Crippen LogP contribution in [0.3, 0.4) is 0 Å². The zero-order valence-corrected chi connectivity index (χ0v) is 17.7. The van der Waals surface area contributed by atoms with Gasteiger partial charge < -0.3 is 25.1 Å². The zero-order valence-electron chi connectivity index (χ0n) is 17.7. The van der Waals surface area contributed by atoms with E-state index in [-0.39, 0.29) is 5.92 Å². The quantitative estimate of drug-likeness (QED) is 0.591. The summed E-state index contributed by atoms with van der Waals surface area (Å²) in [7, 11) is 0. The van der Waals surface area contributed by atoms with Crippen LogP contribution >= 0.6 is 0 Å². The number of carbonyl (C=O) groups excluding carboxylic acids is 3. The second kappa shape index (κ2) is 9.58. The Hall–Kier alpha value is -2.83. The van der Waals surface area contributed by atoms with Gasteiger partial charge in [-0.15, -0.1) is 0 Å². The van der Waals surface area contributed by atoms with Crippen LogP contribution in [-0.2, 0) is 20.7 Å². The molecule has 0 spiro atoms. The number of benzene rings is 1. The molecule has 0 radical (unpaired) electrons. The number of nitrogens with one attached hydrogen (secondary N) is 3. The molecule has 1 heterocycles. The fourth-order valence-electron chi connectivity index (χ4n) is 3.08. The molecular weight excluding hydrogens is 370 g/mol. The first kappa shape index (κ1) is 22.5. The fourth-order valence-corrected chi connectivity index (χ4v) is 3.08. The first-order valence-electron chi connectivity index (χ1n) is 9.94. The molecule has 1 aromatic carbocycles. The first-order valence-corrected chi connectivity index (χ1v) is 9.94. The molecule has 0 bridgehead atoms.